The van der Waals surface area contributed by atoms with Gasteiger partial charge in [0.15, 0.2) is 0 Å². The van der Waals surface area contributed by atoms with E-state index in [1.807, 2.05) is 45.0 Å². The van der Waals surface area contributed by atoms with Gasteiger partial charge in [0.2, 0.25) is 11.8 Å². The minimum absolute atomic E-state index is 0.207. The van der Waals surface area contributed by atoms with E-state index in [1.54, 1.807) is 25.7 Å². The van der Waals surface area contributed by atoms with E-state index in [0.717, 1.165) is 17.5 Å². The number of ether oxygens (including phenoxy) is 1. The Bertz CT molecular complexity index is 872. The van der Waals surface area contributed by atoms with Crippen molar-refractivity contribution in [3.63, 3.8) is 0 Å². The Morgan fingerprint density at radius 1 is 1.16 bits per heavy atom. The average Bonchev–Trinajstić information content (AvgIpc) is 3.18. The second-order valence-corrected chi connectivity index (χ2v) is 10.2. The zero-order valence-electron chi connectivity index (χ0n) is 20.0. The van der Waals surface area contributed by atoms with E-state index in [9.17, 15) is 14.4 Å². The third kappa shape index (κ3) is 7.01. The lowest BCUT2D eigenvalue weighted by molar-refractivity contribution is -0.142. The van der Waals surface area contributed by atoms with Crippen LogP contribution in [0.5, 0.6) is 0 Å². The maximum Gasteiger partial charge on any atom is 0.408 e. The lowest BCUT2D eigenvalue weighted by Crippen LogP contribution is -2.58. The first kappa shape index (κ1) is 25.3. The maximum atomic E-state index is 13.4. The highest BCUT2D eigenvalue weighted by Gasteiger charge is 2.42. The van der Waals surface area contributed by atoms with E-state index in [2.05, 4.69) is 16.6 Å². The largest absolute Gasteiger partial charge is 0.444 e. The van der Waals surface area contributed by atoms with E-state index >= 15 is 0 Å². The molecule has 0 radical (unpaired) electrons. The van der Waals surface area contributed by atoms with Crippen molar-refractivity contribution in [2.45, 2.75) is 78.6 Å². The van der Waals surface area contributed by atoms with Gasteiger partial charge in [0.1, 0.15) is 17.7 Å². The van der Waals surface area contributed by atoms with Crippen molar-refractivity contribution in [2.75, 3.05) is 6.54 Å². The SMILES string of the molecule is C#Cc1ccc(CNC(=O)C2CCCN2C(=O)C(NC(=O)OC(C)(C)C)C(C)(C)C)cc1. The zero-order valence-corrected chi connectivity index (χ0v) is 20.0. The number of likely N-dealkylation sites (tertiary alicyclic amines) is 1. The number of amides is 3. The number of carbonyl (C=O) groups excluding carboxylic acids is 3. The van der Waals surface area contributed by atoms with Crippen LogP contribution in [0.2, 0.25) is 0 Å². The highest BCUT2D eigenvalue weighted by atomic mass is 16.6. The molecular weight excluding hydrogens is 406 g/mol. The van der Waals surface area contributed by atoms with E-state index in [1.165, 1.54) is 0 Å². The molecule has 2 atom stereocenters. The number of benzene rings is 1. The summed E-state index contributed by atoms with van der Waals surface area (Å²) in [6.45, 7) is 11.7. The molecule has 0 aliphatic carbocycles. The van der Waals surface area contributed by atoms with Crippen LogP contribution in [0.15, 0.2) is 24.3 Å². The Labute approximate surface area is 191 Å². The molecule has 1 fully saturated rings. The third-order valence-corrected chi connectivity index (χ3v) is 5.20. The van der Waals surface area contributed by atoms with Crippen molar-refractivity contribution in [2.24, 2.45) is 5.41 Å². The van der Waals surface area contributed by atoms with Crippen LogP contribution in [-0.2, 0) is 20.9 Å². The lowest BCUT2D eigenvalue weighted by atomic mass is 9.85. The number of hydrogen-bond acceptors (Lipinski definition) is 4. The summed E-state index contributed by atoms with van der Waals surface area (Å²) in [5.41, 5.74) is 0.464. The van der Waals surface area contributed by atoms with Crippen LogP contribution >= 0.6 is 0 Å². The van der Waals surface area contributed by atoms with E-state index in [4.69, 9.17) is 11.2 Å². The Balaban J connectivity index is 2.07. The zero-order chi connectivity index (χ0) is 24.1. The summed E-state index contributed by atoms with van der Waals surface area (Å²) < 4.78 is 5.34. The third-order valence-electron chi connectivity index (χ3n) is 5.20. The smallest absolute Gasteiger partial charge is 0.408 e. The first-order chi connectivity index (χ1) is 14.8. The van der Waals surface area contributed by atoms with Gasteiger partial charge in [-0.05, 0) is 56.7 Å². The van der Waals surface area contributed by atoms with E-state index < -0.39 is 29.2 Å². The number of rotatable bonds is 5. The molecule has 1 saturated heterocycles. The van der Waals surface area contributed by atoms with Crippen molar-refractivity contribution < 1.29 is 19.1 Å². The minimum atomic E-state index is -0.818. The molecule has 1 aromatic carbocycles. The highest BCUT2D eigenvalue weighted by Crippen LogP contribution is 2.26. The number of alkyl carbamates (subject to hydrolysis) is 1. The van der Waals surface area contributed by atoms with Crippen LogP contribution in [0.3, 0.4) is 0 Å². The van der Waals surface area contributed by atoms with Gasteiger partial charge in [0, 0.05) is 18.7 Å². The number of terminal acetylenes is 1. The van der Waals surface area contributed by atoms with Gasteiger partial charge in [-0.15, -0.1) is 6.42 Å². The van der Waals surface area contributed by atoms with Gasteiger partial charge in [0.05, 0.1) is 0 Å². The van der Waals surface area contributed by atoms with Crippen molar-refractivity contribution in [3.05, 3.63) is 35.4 Å². The van der Waals surface area contributed by atoms with Crippen molar-refractivity contribution in [3.8, 4) is 12.3 Å². The summed E-state index contributed by atoms with van der Waals surface area (Å²) in [6.07, 6.45) is 6.03. The number of nitrogens with one attached hydrogen (secondary N) is 2. The molecule has 0 saturated carbocycles. The predicted octanol–water partition coefficient (Wildman–Crippen LogP) is 3.21. The topological polar surface area (TPSA) is 87.7 Å². The van der Waals surface area contributed by atoms with Crippen LogP contribution < -0.4 is 10.6 Å². The molecular formula is C25H35N3O4. The fourth-order valence-corrected chi connectivity index (χ4v) is 3.57. The van der Waals surface area contributed by atoms with Gasteiger partial charge < -0.3 is 20.3 Å². The molecule has 1 aliphatic rings. The summed E-state index contributed by atoms with van der Waals surface area (Å²) in [5, 5.41) is 5.63. The van der Waals surface area contributed by atoms with Crippen molar-refractivity contribution in [1.29, 1.82) is 0 Å². The fraction of sp³-hybridized carbons (Fsp3) is 0.560. The van der Waals surface area contributed by atoms with Gasteiger partial charge in [-0.2, -0.15) is 0 Å². The Morgan fingerprint density at radius 3 is 2.31 bits per heavy atom. The molecule has 2 unspecified atom stereocenters. The Hall–Kier alpha value is -3.01. The average molecular weight is 442 g/mol. The van der Waals surface area contributed by atoms with Crippen LogP contribution in [0.25, 0.3) is 0 Å². The monoisotopic (exact) mass is 441 g/mol. The van der Waals surface area contributed by atoms with Gasteiger partial charge in [-0.25, -0.2) is 4.79 Å². The van der Waals surface area contributed by atoms with Crippen LogP contribution in [0, 0.1) is 17.8 Å². The minimum Gasteiger partial charge on any atom is -0.444 e. The molecule has 2 N–H and O–H groups in total. The van der Waals surface area contributed by atoms with E-state index in [-0.39, 0.29) is 11.8 Å². The fourth-order valence-electron chi connectivity index (χ4n) is 3.57. The molecule has 0 bridgehead atoms. The second kappa shape index (κ2) is 10.1. The summed E-state index contributed by atoms with van der Waals surface area (Å²) in [6, 6.07) is 5.99. The normalized spacial score (nSPS) is 17.3. The number of nitrogens with zero attached hydrogens (tertiary/aromatic N) is 1. The van der Waals surface area contributed by atoms with E-state index in [0.29, 0.717) is 19.5 Å². The van der Waals surface area contributed by atoms with Crippen LogP contribution in [0.1, 0.15) is 65.5 Å². The van der Waals surface area contributed by atoms with Gasteiger partial charge in [-0.3, -0.25) is 9.59 Å². The van der Waals surface area contributed by atoms with Crippen molar-refractivity contribution >= 4 is 17.9 Å². The molecule has 3 amide bonds. The first-order valence-electron chi connectivity index (χ1n) is 10.9. The molecule has 174 valence electrons. The Kier molecular flexibility index (Phi) is 7.95. The number of carbonyl (C=O) groups is 3. The summed E-state index contributed by atoms with van der Waals surface area (Å²) in [7, 11) is 0. The highest BCUT2D eigenvalue weighted by molar-refractivity contribution is 5.92. The summed E-state index contributed by atoms with van der Waals surface area (Å²) in [5.74, 6) is 2.08. The molecule has 0 aromatic heterocycles. The molecule has 7 heteroatoms. The van der Waals surface area contributed by atoms with Crippen LogP contribution in [0.4, 0.5) is 4.79 Å². The van der Waals surface area contributed by atoms with Crippen molar-refractivity contribution in [1.82, 2.24) is 15.5 Å². The molecule has 2 rings (SSSR count). The van der Waals surface area contributed by atoms with Gasteiger partial charge in [-0.1, -0.05) is 38.8 Å². The van der Waals surface area contributed by atoms with Gasteiger partial charge in [0.25, 0.3) is 0 Å². The summed E-state index contributed by atoms with van der Waals surface area (Å²) >= 11 is 0. The Morgan fingerprint density at radius 2 is 1.78 bits per heavy atom. The number of hydrogen-bond donors (Lipinski definition) is 2. The second-order valence-electron chi connectivity index (χ2n) is 10.2. The predicted molar refractivity (Wildman–Crippen MR) is 124 cm³/mol. The van der Waals surface area contributed by atoms with Gasteiger partial charge >= 0.3 is 6.09 Å². The lowest BCUT2D eigenvalue weighted by Gasteiger charge is -2.35. The quantitative estimate of drug-likeness (QED) is 0.687. The summed E-state index contributed by atoms with van der Waals surface area (Å²) in [4.78, 5) is 40.2. The maximum absolute atomic E-state index is 13.4. The molecule has 7 nitrogen and oxygen atoms in total. The molecule has 32 heavy (non-hydrogen) atoms. The molecule has 1 aliphatic heterocycles. The molecule has 1 heterocycles. The standard InChI is InChI=1S/C25H35N3O4/c1-8-17-11-13-18(14-12-17)16-26-21(29)19-10-9-15-28(19)22(30)20(24(2,3)4)27-23(31)32-25(5,6)7/h1,11-14,19-20H,9-10,15-16H2,2-7H3,(H,26,29)(H,27,31). The molecule has 0 spiro atoms. The molecule has 1 aromatic rings. The first-order valence-corrected chi connectivity index (χ1v) is 10.9. The van der Waals surface area contributed by atoms with Crippen LogP contribution in [-0.4, -0.2) is 47.0 Å².